The second-order valence-corrected chi connectivity index (χ2v) is 6.17. The predicted molar refractivity (Wildman–Crippen MR) is 109 cm³/mol. The normalized spacial score (nSPS) is 10.3. The van der Waals surface area contributed by atoms with Crippen LogP contribution in [0.5, 0.6) is 17.2 Å². The molecule has 0 radical (unpaired) electrons. The molecule has 0 aliphatic heterocycles. The van der Waals surface area contributed by atoms with Crippen LogP contribution in [0.3, 0.4) is 0 Å². The summed E-state index contributed by atoms with van der Waals surface area (Å²) in [5.41, 5.74) is 1.63. The van der Waals surface area contributed by atoms with Crippen LogP contribution in [0.1, 0.15) is 16.1 Å². The quantitative estimate of drug-likeness (QED) is 0.690. The van der Waals surface area contributed by atoms with E-state index in [0.29, 0.717) is 22.9 Å². The van der Waals surface area contributed by atoms with Crippen LogP contribution in [0.2, 0.25) is 0 Å². The molecule has 0 atom stereocenters. The molecular weight excluding hydrogens is 374 g/mol. The predicted octanol–water partition coefficient (Wildman–Crippen LogP) is 2.82. The number of rotatable bonds is 6. The second kappa shape index (κ2) is 8.47. The zero-order valence-electron chi connectivity index (χ0n) is 16.6. The van der Waals surface area contributed by atoms with Gasteiger partial charge in [-0.2, -0.15) is 9.78 Å². The van der Waals surface area contributed by atoms with Crippen molar-refractivity contribution >= 4 is 11.6 Å². The van der Waals surface area contributed by atoms with Gasteiger partial charge < -0.3 is 19.5 Å². The first-order chi connectivity index (χ1) is 14.0. The molecule has 1 heterocycles. The summed E-state index contributed by atoms with van der Waals surface area (Å²) in [7, 11) is 4.41. The van der Waals surface area contributed by atoms with E-state index in [-0.39, 0.29) is 11.4 Å². The number of nitrogens with one attached hydrogen (secondary N) is 1. The lowest BCUT2D eigenvalue weighted by Gasteiger charge is -2.13. The molecule has 8 heteroatoms. The number of ether oxygens (including phenoxy) is 3. The Kier molecular flexibility index (Phi) is 5.82. The van der Waals surface area contributed by atoms with E-state index in [1.807, 2.05) is 19.1 Å². The highest BCUT2D eigenvalue weighted by Crippen LogP contribution is 2.30. The number of hydrogen-bond donors (Lipinski definition) is 1. The van der Waals surface area contributed by atoms with Gasteiger partial charge in [0.05, 0.1) is 33.1 Å². The fourth-order valence-electron chi connectivity index (χ4n) is 2.73. The summed E-state index contributed by atoms with van der Waals surface area (Å²) in [6.07, 6.45) is 0. The van der Waals surface area contributed by atoms with E-state index in [2.05, 4.69) is 10.4 Å². The van der Waals surface area contributed by atoms with Gasteiger partial charge in [-0.15, -0.1) is 0 Å². The van der Waals surface area contributed by atoms with Gasteiger partial charge in [0, 0.05) is 11.8 Å². The number of aromatic nitrogens is 2. The molecule has 1 amide bonds. The number of carbonyl (C=O) groups is 1. The minimum atomic E-state index is -0.532. The van der Waals surface area contributed by atoms with Crippen LogP contribution in [0.25, 0.3) is 5.69 Å². The first-order valence-corrected chi connectivity index (χ1v) is 8.75. The van der Waals surface area contributed by atoms with Crippen LogP contribution in [0.15, 0.2) is 53.3 Å². The van der Waals surface area contributed by atoms with Crippen molar-refractivity contribution < 1.29 is 19.0 Å². The Morgan fingerprint density at radius 3 is 2.17 bits per heavy atom. The van der Waals surface area contributed by atoms with Crippen molar-refractivity contribution in [2.24, 2.45) is 0 Å². The van der Waals surface area contributed by atoms with Gasteiger partial charge in [0.1, 0.15) is 0 Å². The molecule has 0 saturated heterocycles. The van der Waals surface area contributed by atoms with Crippen molar-refractivity contribution in [3.05, 3.63) is 70.1 Å². The first-order valence-electron chi connectivity index (χ1n) is 8.75. The average molecular weight is 395 g/mol. The monoisotopic (exact) mass is 395 g/mol. The molecule has 0 fully saturated rings. The zero-order chi connectivity index (χ0) is 21.0. The van der Waals surface area contributed by atoms with Crippen LogP contribution in [0, 0.1) is 6.92 Å². The van der Waals surface area contributed by atoms with Gasteiger partial charge in [-0.1, -0.05) is 17.7 Å². The van der Waals surface area contributed by atoms with Crippen LogP contribution >= 0.6 is 0 Å². The van der Waals surface area contributed by atoms with Crippen molar-refractivity contribution in [1.29, 1.82) is 0 Å². The molecule has 1 aromatic heterocycles. The highest BCUT2D eigenvalue weighted by atomic mass is 16.5. The number of benzene rings is 2. The third-order valence-electron chi connectivity index (χ3n) is 4.25. The zero-order valence-corrected chi connectivity index (χ0v) is 16.6. The molecule has 0 spiro atoms. The molecule has 29 heavy (non-hydrogen) atoms. The average Bonchev–Trinajstić information content (AvgIpc) is 2.74. The summed E-state index contributed by atoms with van der Waals surface area (Å²) in [4.78, 5) is 25.3. The van der Waals surface area contributed by atoms with Gasteiger partial charge in [-0.25, -0.2) is 0 Å². The lowest BCUT2D eigenvalue weighted by molar-refractivity contribution is 0.101. The number of nitrogens with zero attached hydrogens (tertiary/aromatic N) is 2. The number of aryl methyl sites for hydroxylation is 1. The Balaban J connectivity index is 1.98. The molecule has 0 aliphatic rings. The lowest BCUT2D eigenvalue weighted by atomic mass is 10.2. The number of methoxy groups -OCH3 is 3. The molecule has 3 aromatic rings. The molecule has 0 unspecified atom stereocenters. The number of hydrogen-bond acceptors (Lipinski definition) is 6. The summed E-state index contributed by atoms with van der Waals surface area (Å²) < 4.78 is 16.8. The summed E-state index contributed by atoms with van der Waals surface area (Å²) in [5, 5.41) is 6.96. The largest absolute Gasteiger partial charge is 0.494 e. The van der Waals surface area contributed by atoms with Crippen molar-refractivity contribution in [3.8, 4) is 22.9 Å². The summed E-state index contributed by atoms with van der Waals surface area (Å²) in [6, 6.07) is 13.4. The van der Waals surface area contributed by atoms with E-state index in [9.17, 15) is 9.59 Å². The Labute approximate surface area is 167 Å². The van der Waals surface area contributed by atoms with E-state index >= 15 is 0 Å². The minimum Gasteiger partial charge on any atom is -0.494 e. The van der Waals surface area contributed by atoms with Crippen molar-refractivity contribution in [2.45, 2.75) is 6.92 Å². The molecule has 8 nitrogen and oxygen atoms in total. The third-order valence-corrected chi connectivity index (χ3v) is 4.25. The maximum Gasteiger partial charge on any atom is 0.280 e. The molecule has 2 aromatic carbocycles. The SMILES string of the molecule is COc1ccc(NC(=O)c2nn(-c3ccc(C)cc3)c(=O)cc2OC)cc1OC. The summed E-state index contributed by atoms with van der Waals surface area (Å²) >= 11 is 0. The molecular formula is C21H21N3O5. The van der Waals surface area contributed by atoms with Crippen molar-refractivity contribution in [3.63, 3.8) is 0 Å². The van der Waals surface area contributed by atoms with E-state index in [4.69, 9.17) is 14.2 Å². The first kappa shape index (κ1) is 19.9. The fraction of sp³-hybridized carbons (Fsp3) is 0.190. The Morgan fingerprint density at radius 1 is 0.897 bits per heavy atom. The number of carbonyl (C=O) groups excluding carboxylic acids is 1. The van der Waals surface area contributed by atoms with Crippen LogP contribution in [-0.2, 0) is 0 Å². The molecule has 150 valence electrons. The van der Waals surface area contributed by atoms with Crippen LogP contribution in [-0.4, -0.2) is 37.0 Å². The van der Waals surface area contributed by atoms with Crippen molar-refractivity contribution in [1.82, 2.24) is 9.78 Å². The maximum absolute atomic E-state index is 12.9. The molecule has 3 rings (SSSR count). The summed E-state index contributed by atoms with van der Waals surface area (Å²) in [6.45, 7) is 1.94. The van der Waals surface area contributed by atoms with Crippen LogP contribution < -0.4 is 25.1 Å². The molecule has 1 N–H and O–H groups in total. The molecule has 0 saturated carbocycles. The number of amides is 1. The van der Waals surface area contributed by atoms with Gasteiger partial charge in [0.15, 0.2) is 22.9 Å². The summed E-state index contributed by atoms with van der Waals surface area (Å²) in [5.74, 6) is 0.551. The van der Waals surface area contributed by atoms with Gasteiger partial charge in [-0.3, -0.25) is 9.59 Å². The third kappa shape index (κ3) is 4.21. The highest BCUT2D eigenvalue weighted by molar-refractivity contribution is 6.04. The van der Waals surface area contributed by atoms with Crippen molar-refractivity contribution in [2.75, 3.05) is 26.6 Å². The lowest BCUT2D eigenvalue weighted by Crippen LogP contribution is -2.26. The van der Waals surface area contributed by atoms with Crippen LogP contribution in [0.4, 0.5) is 5.69 Å². The number of anilines is 1. The smallest absolute Gasteiger partial charge is 0.280 e. The molecule has 0 bridgehead atoms. The van der Waals surface area contributed by atoms with Gasteiger partial charge in [0.25, 0.3) is 11.5 Å². The van der Waals surface area contributed by atoms with E-state index in [1.54, 1.807) is 30.3 Å². The Bertz CT molecular complexity index is 1090. The van der Waals surface area contributed by atoms with Gasteiger partial charge in [-0.05, 0) is 31.2 Å². The van der Waals surface area contributed by atoms with E-state index < -0.39 is 11.5 Å². The van der Waals surface area contributed by atoms with Gasteiger partial charge >= 0.3 is 0 Å². The van der Waals surface area contributed by atoms with E-state index in [1.165, 1.54) is 27.4 Å². The van der Waals surface area contributed by atoms with E-state index in [0.717, 1.165) is 10.2 Å². The fourth-order valence-corrected chi connectivity index (χ4v) is 2.73. The molecule has 0 aliphatic carbocycles. The Hall–Kier alpha value is -3.81. The minimum absolute atomic E-state index is 0.0255. The highest BCUT2D eigenvalue weighted by Gasteiger charge is 2.19. The second-order valence-electron chi connectivity index (χ2n) is 6.17. The van der Waals surface area contributed by atoms with Gasteiger partial charge in [0.2, 0.25) is 0 Å². The maximum atomic E-state index is 12.9. The Morgan fingerprint density at radius 2 is 1.55 bits per heavy atom. The topological polar surface area (TPSA) is 91.7 Å². The standard InChI is InChI=1S/C21H21N3O5/c1-13-5-8-15(9-6-13)24-19(25)12-18(29-4)20(23-24)21(26)22-14-7-10-16(27-2)17(11-14)28-3/h5-12H,1-4H3,(H,22,26).